The molecule has 2 N–H and O–H groups in total. The minimum absolute atomic E-state index is 0.0632. The number of aryl methyl sites for hydroxylation is 1. The van der Waals surface area contributed by atoms with Crippen LogP contribution >= 0.6 is 0 Å². The molecule has 0 aliphatic heterocycles. The summed E-state index contributed by atoms with van der Waals surface area (Å²) in [6.45, 7) is 2.08. The molecule has 0 aliphatic rings. The van der Waals surface area contributed by atoms with Gasteiger partial charge < -0.3 is 10.2 Å². The number of benzene rings is 5. The van der Waals surface area contributed by atoms with E-state index in [9.17, 15) is 10.2 Å². The fourth-order valence-electron chi connectivity index (χ4n) is 4.50. The van der Waals surface area contributed by atoms with Crippen LogP contribution in [0.1, 0.15) is 28.2 Å². The highest BCUT2D eigenvalue weighted by Crippen LogP contribution is 2.40. The van der Waals surface area contributed by atoms with Crippen LogP contribution in [-0.2, 0) is 0 Å². The Bertz CT molecular complexity index is 1320. The van der Waals surface area contributed by atoms with Crippen molar-refractivity contribution in [2.75, 3.05) is 0 Å². The second kappa shape index (κ2) is 9.29. The van der Waals surface area contributed by atoms with Crippen LogP contribution in [0.15, 0.2) is 121 Å². The Morgan fingerprint density at radius 3 is 1.32 bits per heavy atom. The lowest BCUT2D eigenvalue weighted by Gasteiger charge is -2.22. The first-order valence-corrected chi connectivity index (χ1v) is 11.4. The molecule has 5 rings (SSSR count). The first-order chi connectivity index (χ1) is 16.6. The summed E-state index contributed by atoms with van der Waals surface area (Å²) in [5.74, 6) is 0.452. The van der Waals surface area contributed by atoms with Crippen LogP contribution in [0, 0.1) is 6.92 Å². The quantitative estimate of drug-likeness (QED) is 0.271. The first-order valence-electron chi connectivity index (χ1n) is 11.4. The van der Waals surface area contributed by atoms with Gasteiger partial charge in [0.2, 0.25) is 0 Å². The molecule has 0 saturated heterocycles. The van der Waals surface area contributed by atoms with E-state index in [0.717, 1.165) is 38.9 Å². The predicted octanol–water partition coefficient (Wildman–Crippen LogP) is 7.92. The van der Waals surface area contributed by atoms with Crippen molar-refractivity contribution in [3.8, 4) is 33.8 Å². The van der Waals surface area contributed by atoms with E-state index in [1.165, 1.54) is 5.56 Å². The summed E-state index contributed by atoms with van der Waals surface area (Å²) >= 11 is 0. The highest BCUT2D eigenvalue weighted by molar-refractivity contribution is 5.73. The third-order valence-electron chi connectivity index (χ3n) is 6.29. The van der Waals surface area contributed by atoms with Crippen molar-refractivity contribution < 1.29 is 10.2 Å². The van der Waals surface area contributed by atoms with Crippen LogP contribution in [0.3, 0.4) is 0 Å². The molecule has 0 atom stereocenters. The summed E-state index contributed by atoms with van der Waals surface area (Å²) in [7, 11) is 0. The maximum atomic E-state index is 10.6. The Kier molecular flexibility index (Phi) is 5.88. The zero-order valence-corrected chi connectivity index (χ0v) is 19.0. The molecule has 34 heavy (non-hydrogen) atoms. The number of phenols is 2. The Morgan fingerprint density at radius 2 is 0.882 bits per heavy atom. The van der Waals surface area contributed by atoms with Gasteiger partial charge in [0.05, 0.1) is 0 Å². The van der Waals surface area contributed by atoms with Crippen molar-refractivity contribution in [2.24, 2.45) is 0 Å². The van der Waals surface area contributed by atoms with E-state index in [0.29, 0.717) is 0 Å². The van der Waals surface area contributed by atoms with Gasteiger partial charge in [0.15, 0.2) is 0 Å². The fraction of sp³-hybridized carbons (Fsp3) is 0.0625. The van der Waals surface area contributed by atoms with Crippen LogP contribution in [0.2, 0.25) is 0 Å². The van der Waals surface area contributed by atoms with Crippen LogP contribution in [0.5, 0.6) is 11.5 Å². The fourth-order valence-corrected chi connectivity index (χ4v) is 4.50. The van der Waals surface area contributed by atoms with E-state index in [2.05, 4.69) is 43.3 Å². The lowest BCUT2D eigenvalue weighted by atomic mass is 9.82. The van der Waals surface area contributed by atoms with Crippen molar-refractivity contribution in [2.45, 2.75) is 12.8 Å². The van der Waals surface area contributed by atoms with Crippen LogP contribution in [0.4, 0.5) is 0 Å². The minimum Gasteiger partial charge on any atom is -0.507 e. The molecule has 0 heterocycles. The van der Waals surface area contributed by atoms with Gasteiger partial charge in [0.25, 0.3) is 0 Å². The second-order valence-electron chi connectivity index (χ2n) is 8.63. The molecule has 2 nitrogen and oxygen atoms in total. The van der Waals surface area contributed by atoms with Crippen molar-refractivity contribution in [1.82, 2.24) is 0 Å². The topological polar surface area (TPSA) is 40.5 Å². The number of hydrogen-bond donors (Lipinski definition) is 2. The molecular formula is C32H26O2. The highest BCUT2D eigenvalue weighted by Gasteiger charge is 2.20. The molecule has 5 aromatic carbocycles. The zero-order chi connectivity index (χ0) is 23.5. The van der Waals surface area contributed by atoms with E-state index in [4.69, 9.17) is 0 Å². The lowest BCUT2D eigenvalue weighted by Crippen LogP contribution is -2.04. The largest absolute Gasteiger partial charge is 0.507 e. The van der Waals surface area contributed by atoms with E-state index in [1.54, 1.807) is 12.1 Å². The lowest BCUT2D eigenvalue weighted by molar-refractivity contribution is 0.477. The van der Waals surface area contributed by atoms with Crippen LogP contribution in [0.25, 0.3) is 22.3 Å². The molecule has 0 aliphatic carbocycles. The van der Waals surface area contributed by atoms with Gasteiger partial charge in [-0.05, 0) is 59.0 Å². The number of aromatic hydroxyl groups is 2. The summed E-state index contributed by atoms with van der Waals surface area (Å²) in [5, 5.41) is 21.3. The van der Waals surface area contributed by atoms with Gasteiger partial charge in [-0.3, -0.25) is 0 Å². The smallest absolute Gasteiger partial charge is 0.123 e. The normalized spacial score (nSPS) is 11.0. The Hall–Kier alpha value is -4.30. The van der Waals surface area contributed by atoms with Gasteiger partial charge in [-0.15, -0.1) is 0 Å². The van der Waals surface area contributed by atoms with E-state index in [1.807, 2.05) is 72.8 Å². The Balaban J connectivity index is 1.69. The molecule has 5 aromatic rings. The standard InChI is InChI=1S/C32H26O2/c1-22-12-14-25(15-13-22)32(26-16-18-30(33)28(20-26)23-8-4-2-5-9-23)27-17-19-31(34)29(21-27)24-10-6-3-7-11-24/h2-21,32-34H,1H3. The average Bonchev–Trinajstić information content (AvgIpc) is 2.88. The molecule has 2 heteroatoms. The third kappa shape index (κ3) is 4.31. The summed E-state index contributed by atoms with van der Waals surface area (Å²) in [5.41, 5.74) is 8.05. The van der Waals surface area contributed by atoms with Crippen LogP contribution in [-0.4, -0.2) is 10.2 Å². The van der Waals surface area contributed by atoms with Gasteiger partial charge in [-0.1, -0.05) is 103 Å². The monoisotopic (exact) mass is 442 g/mol. The summed E-state index contributed by atoms with van der Waals surface area (Å²) in [6.07, 6.45) is 0. The Morgan fingerprint density at radius 1 is 0.471 bits per heavy atom. The van der Waals surface area contributed by atoms with Crippen LogP contribution < -0.4 is 0 Å². The first kappa shape index (κ1) is 21.5. The summed E-state index contributed by atoms with van der Waals surface area (Å²) in [6, 6.07) is 40.1. The van der Waals surface area contributed by atoms with Crippen molar-refractivity contribution >= 4 is 0 Å². The van der Waals surface area contributed by atoms with Gasteiger partial charge in [-0.2, -0.15) is 0 Å². The van der Waals surface area contributed by atoms with Crippen molar-refractivity contribution in [3.05, 3.63) is 144 Å². The van der Waals surface area contributed by atoms with Crippen molar-refractivity contribution in [3.63, 3.8) is 0 Å². The average molecular weight is 443 g/mol. The molecule has 0 amide bonds. The molecule has 0 radical (unpaired) electrons. The molecule has 0 unspecified atom stereocenters. The molecule has 0 aromatic heterocycles. The SMILES string of the molecule is Cc1ccc(C(c2ccc(O)c(-c3ccccc3)c2)c2ccc(O)c(-c3ccccc3)c2)cc1. The van der Waals surface area contributed by atoms with Gasteiger partial charge in [0.1, 0.15) is 11.5 Å². The second-order valence-corrected chi connectivity index (χ2v) is 8.63. The maximum absolute atomic E-state index is 10.6. The van der Waals surface area contributed by atoms with Gasteiger partial charge in [0, 0.05) is 17.0 Å². The number of rotatable bonds is 5. The summed E-state index contributed by atoms with van der Waals surface area (Å²) in [4.78, 5) is 0. The summed E-state index contributed by atoms with van der Waals surface area (Å²) < 4.78 is 0. The number of hydrogen-bond acceptors (Lipinski definition) is 2. The molecular weight excluding hydrogens is 416 g/mol. The maximum Gasteiger partial charge on any atom is 0.123 e. The van der Waals surface area contributed by atoms with Crippen molar-refractivity contribution in [1.29, 1.82) is 0 Å². The van der Waals surface area contributed by atoms with Gasteiger partial charge in [-0.25, -0.2) is 0 Å². The third-order valence-corrected chi connectivity index (χ3v) is 6.29. The number of phenolic OH excluding ortho intramolecular Hbond substituents is 2. The van der Waals surface area contributed by atoms with E-state index >= 15 is 0 Å². The molecule has 0 saturated carbocycles. The minimum atomic E-state index is -0.0632. The Labute approximate surface area is 200 Å². The molecule has 166 valence electrons. The van der Waals surface area contributed by atoms with E-state index < -0.39 is 0 Å². The zero-order valence-electron chi connectivity index (χ0n) is 19.0. The predicted molar refractivity (Wildman–Crippen MR) is 139 cm³/mol. The molecule has 0 bridgehead atoms. The molecule has 0 fully saturated rings. The molecule has 0 spiro atoms. The van der Waals surface area contributed by atoms with Gasteiger partial charge >= 0.3 is 0 Å². The van der Waals surface area contributed by atoms with E-state index in [-0.39, 0.29) is 17.4 Å². The highest BCUT2D eigenvalue weighted by atomic mass is 16.3.